The second-order valence-electron chi connectivity index (χ2n) is 2.93. The standard InChI is InChI=1S/C9H20N2/c1-4-6-7-8-11(3)9(10)5-2/h10H,4-8H2,1-3H3. The van der Waals surface area contributed by atoms with Crippen molar-refractivity contribution in [1.29, 1.82) is 5.41 Å². The van der Waals surface area contributed by atoms with Crippen LogP contribution in [0.25, 0.3) is 0 Å². The lowest BCUT2D eigenvalue weighted by molar-refractivity contribution is 0.465. The lowest BCUT2D eigenvalue weighted by Crippen LogP contribution is -2.26. The van der Waals surface area contributed by atoms with Crippen molar-refractivity contribution in [2.45, 2.75) is 39.5 Å². The molecule has 0 aliphatic rings. The first-order valence-corrected chi connectivity index (χ1v) is 4.50. The Balaban J connectivity index is 3.36. The summed E-state index contributed by atoms with van der Waals surface area (Å²) in [5.74, 6) is 0.751. The maximum absolute atomic E-state index is 7.50. The van der Waals surface area contributed by atoms with Gasteiger partial charge in [-0.15, -0.1) is 0 Å². The summed E-state index contributed by atoms with van der Waals surface area (Å²) < 4.78 is 0. The minimum absolute atomic E-state index is 0.751. The summed E-state index contributed by atoms with van der Waals surface area (Å²) in [6.07, 6.45) is 4.60. The Morgan fingerprint density at radius 1 is 1.27 bits per heavy atom. The zero-order valence-electron chi connectivity index (χ0n) is 7.98. The molecule has 0 rings (SSSR count). The Hall–Kier alpha value is -0.530. The molecule has 0 saturated carbocycles. The summed E-state index contributed by atoms with van der Waals surface area (Å²) in [6.45, 7) is 5.27. The van der Waals surface area contributed by atoms with Gasteiger partial charge in [-0.25, -0.2) is 0 Å². The van der Waals surface area contributed by atoms with Gasteiger partial charge in [0.2, 0.25) is 0 Å². The van der Waals surface area contributed by atoms with E-state index in [0.29, 0.717) is 0 Å². The molecule has 2 heteroatoms. The van der Waals surface area contributed by atoms with Crippen LogP contribution in [-0.2, 0) is 0 Å². The monoisotopic (exact) mass is 156 g/mol. The van der Waals surface area contributed by atoms with Crippen LogP contribution in [0, 0.1) is 5.41 Å². The Labute approximate surface area is 70.1 Å². The fourth-order valence-electron chi connectivity index (χ4n) is 1.00. The molecule has 0 bridgehead atoms. The fraction of sp³-hybridized carbons (Fsp3) is 0.889. The number of hydrogen-bond donors (Lipinski definition) is 1. The second kappa shape index (κ2) is 6.20. The highest BCUT2D eigenvalue weighted by Crippen LogP contribution is 1.97. The minimum atomic E-state index is 0.751. The topological polar surface area (TPSA) is 27.1 Å². The lowest BCUT2D eigenvalue weighted by atomic mass is 10.2. The van der Waals surface area contributed by atoms with Gasteiger partial charge >= 0.3 is 0 Å². The molecule has 0 saturated heterocycles. The first-order valence-electron chi connectivity index (χ1n) is 4.50. The number of hydrogen-bond acceptors (Lipinski definition) is 1. The van der Waals surface area contributed by atoms with Crippen LogP contribution in [0.15, 0.2) is 0 Å². The third-order valence-corrected chi connectivity index (χ3v) is 1.89. The highest BCUT2D eigenvalue weighted by molar-refractivity contribution is 5.78. The highest BCUT2D eigenvalue weighted by Gasteiger charge is 1.99. The minimum Gasteiger partial charge on any atom is -0.364 e. The van der Waals surface area contributed by atoms with E-state index in [1.165, 1.54) is 19.3 Å². The van der Waals surface area contributed by atoms with Crippen LogP contribution in [0.2, 0.25) is 0 Å². The summed E-state index contributed by atoms with van der Waals surface area (Å²) in [5, 5.41) is 7.50. The van der Waals surface area contributed by atoms with E-state index >= 15 is 0 Å². The summed E-state index contributed by atoms with van der Waals surface area (Å²) in [4.78, 5) is 2.04. The van der Waals surface area contributed by atoms with E-state index in [4.69, 9.17) is 5.41 Å². The highest BCUT2D eigenvalue weighted by atomic mass is 15.1. The summed E-state index contributed by atoms with van der Waals surface area (Å²) in [5.41, 5.74) is 0. The molecule has 0 fully saturated rings. The number of rotatable bonds is 5. The summed E-state index contributed by atoms with van der Waals surface area (Å²) in [7, 11) is 2.00. The van der Waals surface area contributed by atoms with Gasteiger partial charge in [-0.05, 0) is 6.42 Å². The van der Waals surface area contributed by atoms with E-state index in [9.17, 15) is 0 Å². The molecule has 2 nitrogen and oxygen atoms in total. The fourth-order valence-corrected chi connectivity index (χ4v) is 1.00. The van der Waals surface area contributed by atoms with Crippen LogP contribution in [-0.4, -0.2) is 24.3 Å². The summed E-state index contributed by atoms with van der Waals surface area (Å²) in [6, 6.07) is 0. The molecule has 0 amide bonds. The molecule has 0 radical (unpaired) electrons. The summed E-state index contributed by atoms with van der Waals surface area (Å²) >= 11 is 0. The van der Waals surface area contributed by atoms with Gasteiger partial charge in [-0.2, -0.15) is 0 Å². The molecule has 0 heterocycles. The predicted molar refractivity (Wildman–Crippen MR) is 50.2 cm³/mol. The number of nitrogens with one attached hydrogen (secondary N) is 1. The van der Waals surface area contributed by atoms with E-state index in [1.807, 2.05) is 18.9 Å². The lowest BCUT2D eigenvalue weighted by Gasteiger charge is -2.18. The molecule has 66 valence electrons. The molecule has 0 aliphatic heterocycles. The molecule has 0 atom stereocenters. The smallest absolute Gasteiger partial charge is 0.0952 e. The Bertz CT molecular complexity index is 110. The average molecular weight is 156 g/mol. The molecule has 0 aromatic carbocycles. The van der Waals surface area contributed by atoms with Crippen molar-refractivity contribution < 1.29 is 0 Å². The van der Waals surface area contributed by atoms with Crippen molar-refractivity contribution in [3.63, 3.8) is 0 Å². The van der Waals surface area contributed by atoms with E-state index in [-0.39, 0.29) is 0 Å². The maximum atomic E-state index is 7.50. The zero-order chi connectivity index (χ0) is 8.69. The van der Waals surface area contributed by atoms with Crippen LogP contribution in [0.1, 0.15) is 39.5 Å². The molecular weight excluding hydrogens is 136 g/mol. The van der Waals surface area contributed by atoms with Crippen LogP contribution in [0.4, 0.5) is 0 Å². The molecule has 0 aromatic heterocycles. The number of amidine groups is 1. The van der Waals surface area contributed by atoms with Gasteiger partial charge in [-0.3, -0.25) is 5.41 Å². The van der Waals surface area contributed by atoms with Crippen molar-refractivity contribution in [2.24, 2.45) is 0 Å². The van der Waals surface area contributed by atoms with Crippen molar-refractivity contribution in [3.8, 4) is 0 Å². The third kappa shape index (κ3) is 4.82. The molecule has 11 heavy (non-hydrogen) atoms. The first kappa shape index (κ1) is 10.5. The van der Waals surface area contributed by atoms with Crippen LogP contribution in [0.5, 0.6) is 0 Å². The van der Waals surface area contributed by atoms with Gasteiger partial charge in [0.1, 0.15) is 0 Å². The third-order valence-electron chi connectivity index (χ3n) is 1.89. The average Bonchev–Trinajstić information content (AvgIpc) is 2.03. The Morgan fingerprint density at radius 3 is 2.36 bits per heavy atom. The van der Waals surface area contributed by atoms with Gasteiger partial charge in [-0.1, -0.05) is 26.7 Å². The Morgan fingerprint density at radius 2 is 1.91 bits per heavy atom. The zero-order valence-corrected chi connectivity index (χ0v) is 7.98. The van der Waals surface area contributed by atoms with E-state index in [2.05, 4.69) is 6.92 Å². The van der Waals surface area contributed by atoms with Crippen LogP contribution in [0.3, 0.4) is 0 Å². The first-order chi connectivity index (χ1) is 5.22. The molecule has 0 unspecified atom stereocenters. The largest absolute Gasteiger partial charge is 0.364 e. The van der Waals surface area contributed by atoms with Gasteiger partial charge < -0.3 is 4.90 Å². The van der Waals surface area contributed by atoms with E-state index in [1.54, 1.807) is 0 Å². The van der Waals surface area contributed by atoms with Gasteiger partial charge in [0.15, 0.2) is 0 Å². The van der Waals surface area contributed by atoms with Crippen molar-refractivity contribution in [3.05, 3.63) is 0 Å². The maximum Gasteiger partial charge on any atom is 0.0952 e. The molecular formula is C9H20N2. The van der Waals surface area contributed by atoms with Crippen molar-refractivity contribution in [1.82, 2.24) is 4.90 Å². The van der Waals surface area contributed by atoms with Crippen LogP contribution < -0.4 is 0 Å². The van der Waals surface area contributed by atoms with Gasteiger partial charge in [0.25, 0.3) is 0 Å². The number of nitrogens with zero attached hydrogens (tertiary/aromatic N) is 1. The van der Waals surface area contributed by atoms with Gasteiger partial charge in [0.05, 0.1) is 5.84 Å². The second-order valence-corrected chi connectivity index (χ2v) is 2.93. The van der Waals surface area contributed by atoms with Gasteiger partial charge in [0, 0.05) is 20.0 Å². The Kier molecular flexibility index (Phi) is 5.90. The molecule has 0 aromatic rings. The molecule has 1 N–H and O–H groups in total. The van der Waals surface area contributed by atoms with Crippen molar-refractivity contribution in [2.75, 3.05) is 13.6 Å². The SMILES string of the molecule is CCCCCN(C)C(=N)CC. The van der Waals surface area contributed by atoms with Crippen molar-refractivity contribution >= 4 is 5.84 Å². The number of unbranched alkanes of at least 4 members (excludes halogenated alkanes) is 2. The molecule has 0 aliphatic carbocycles. The quantitative estimate of drug-likeness (QED) is 0.369. The molecule has 0 spiro atoms. The van der Waals surface area contributed by atoms with E-state index < -0.39 is 0 Å². The van der Waals surface area contributed by atoms with Crippen LogP contribution >= 0.6 is 0 Å². The predicted octanol–water partition coefficient (Wildman–Crippen LogP) is 2.50. The van der Waals surface area contributed by atoms with E-state index in [0.717, 1.165) is 18.8 Å². The normalized spacial score (nSPS) is 9.73.